The number of rotatable bonds is 8. The van der Waals surface area contributed by atoms with Crippen LogP contribution in [0.2, 0.25) is 0 Å². The van der Waals surface area contributed by atoms with E-state index in [1.807, 2.05) is 4.90 Å². The predicted molar refractivity (Wildman–Crippen MR) is 125 cm³/mol. The second-order valence-electron chi connectivity index (χ2n) is 7.11. The number of phenols is 1. The van der Waals surface area contributed by atoms with Gasteiger partial charge in [0.2, 0.25) is 17.8 Å². The Labute approximate surface area is 194 Å². The number of aromatic nitrogens is 3. The molecule has 1 aliphatic heterocycles. The SMILES string of the molecule is COc1cc(C=NNc2nc(Nc3ccc([N+](=O)[O-])cc3)nc(N3CCOCC3)n2)ccc1O. The van der Waals surface area contributed by atoms with Crippen LogP contribution >= 0.6 is 0 Å². The monoisotopic (exact) mass is 466 g/mol. The molecule has 0 radical (unpaired) electrons. The van der Waals surface area contributed by atoms with E-state index in [2.05, 4.69) is 30.8 Å². The molecule has 0 amide bonds. The van der Waals surface area contributed by atoms with Gasteiger partial charge in [0.1, 0.15) is 0 Å². The quantitative estimate of drug-likeness (QED) is 0.254. The van der Waals surface area contributed by atoms with E-state index in [1.165, 1.54) is 31.5 Å². The molecule has 1 saturated heterocycles. The number of methoxy groups -OCH3 is 1. The Hall–Kier alpha value is -4.52. The number of hydrazone groups is 1. The maximum absolute atomic E-state index is 10.9. The summed E-state index contributed by atoms with van der Waals surface area (Å²) >= 11 is 0. The third-order valence-corrected chi connectivity index (χ3v) is 4.83. The van der Waals surface area contributed by atoms with Gasteiger partial charge < -0.3 is 24.8 Å². The molecule has 0 spiro atoms. The molecule has 0 aliphatic carbocycles. The molecule has 1 aromatic heterocycles. The number of nitrogens with one attached hydrogen (secondary N) is 2. The van der Waals surface area contributed by atoms with Gasteiger partial charge in [0.05, 0.1) is 31.5 Å². The van der Waals surface area contributed by atoms with Crippen LogP contribution < -0.4 is 20.4 Å². The van der Waals surface area contributed by atoms with Gasteiger partial charge in [-0.05, 0) is 35.9 Å². The molecule has 13 heteroatoms. The first-order valence-corrected chi connectivity index (χ1v) is 10.3. The van der Waals surface area contributed by atoms with Crippen LogP contribution in [-0.4, -0.2) is 64.6 Å². The van der Waals surface area contributed by atoms with Crippen LogP contribution in [0, 0.1) is 10.1 Å². The van der Waals surface area contributed by atoms with Crippen molar-refractivity contribution in [2.75, 3.05) is 49.1 Å². The number of ether oxygens (including phenoxy) is 2. The average molecular weight is 466 g/mol. The highest BCUT2D eigenvalue weighted by molar-refractivity contribution is 5.81. The van der Waals surface area contributed by atoms with Crippen molar-refractivity contribution in [3.8, 4) is 11.5 Å². The molecule has 0 bridgehead atoms. The third kappa shape index (κ3) is 5.63. The first-order chi connectivity index (χ1) is 16.5. The number of nitro benzene ring substituents is 1. The maximum Gasteiger partial charge on any atom is 0.269 e. The van der Waals surface area contributed by atoms with Crippen LogP contribution in [0.25, 0.3) is 0 Å². The highest BCUT2D eigenvalue weighted by Gasteiger charge is 2.17. The lowest BCUT2D eigenvalue weighted by Crippen LogP contribution is -2.37. The molecule has 34 heavy (non-hydrogen) atoms. The summed E-state index contributed by atoms with van der Waals surface area (Å²) < 4.78 is 10.5. The van der Waals surface area contributed by atoms with Crippen molar-refractivity contribution in [2.45, 2.75) is 0 Å². The minimum Gasteiger partial charge on any atom is -0.504 e. The van der Waals surface area contributed by atoms with Gasteiger partial charge in [-0.2, -0.15) is 20.1 Å². The normalized spacial score (nSPS) is 13.6. The number of nitro groups is 1. The molecule has 0 atom stereocenters. The van der Waals surface area contributed by atoms with Crippen LogP contribution in [0.3, 0.4) is 0 Å². The number of aromatic hydroxyl groups is 1. The molecule has 13 nitrogen and oxygen atoms in total. The molecule has 4 rings (SSSR count). The second-order valence-corrected chi connectivity index (χ2v) is 7.11. The zero-order valence-electron chi connectivity index (χ0n) is 18.2. The Kier molecular flexibility index (Phi) is 6.93. The van der Waals surface area contributed by atoms with Gasteiger partial charge in [-0.1, -0.05) is 0 Å². The number of hydrogen-bond donors (Lipinski definition) is 3. The third-order valence-electron chi connectivity index (χ3n) is 4.83. The Morgan fingerprint density at radius 2 is 1.88 bits per heavy atom. The Balaban J connectivity index is 1.56. The van der Waals surface area contributed by atoms with Gasteiger partial charge in [0.15, 0.2) is 11.5 Å². The van der Waals surface area contributed by atoms with Crippen molar-refractivity contribution in [2.24, 2.45) is 5.10 Å². The average Bonchev–Trinajstić information content (AvgIpc) is 2.86. The van der Waals surface area contributed by atoms with E-state index in [4.69, 9.17) is 9.47 Å². The Bertz CT molecular complexity index is 1180. The predicted octanol–water partition coefficient (Wildman–Crippen LogP) is 2.52. The standard InChI is InChI=1S/C21H22N8O5/c1-33-18-12-14(2-7-17(18)30)13-22-27-20-24-19(23-15-3-5-16(6-4-15)29(31)32)25-21(26-20)28-8-10-34-11-9-28/h2-7,12-13,30H,8-11H2,1H3,(H2,23,24,25,26,27). The van der Waals surface area contributed by atoms with Crippen molar-refractivity contribution >= 4 is 35.4 Å². The molecular weight excluding hydrogens is 444 g/mol. The van der Waals surface area contributed by atoms with Crippen LogP contribution in [0.15, 0.2) is 47.6 Å². The molecule has 0 saturated carbocycles. The topological polar surface area (TPSA) is 160 Å². The maximum atomic E-state index is 10.9. The summed E-state index contributed by atoms with van der Waals surface area (Å²) in [4.78, 5) is 25.6. The van der Waals surface area contributed by atoms with Gasteiger partial charge in [-0.3, -0.25) is 10.1 Å². The van der Waals surface area contributed by atoms with Crippen molar-refractivity contribution < 1.29 is 19.5 Å². The summed E-state index contributed by atoms with van der Waals surface area (Å²) in [6, 6.07) is 10.7. The summed E-state index contributed by atoms with van der Waals surface area (Å²) in [5, 5.41) is 27.8. The zero-order chi connectivity index (χ0) is 23.9. The Morgan fingerprint density at radius 1 is 1.15 bits per heavy atom. The van der Waals surface area contributed by atoms with Crippen molar-refractivity contribution in [1.29, 1.82) is 0 Å². The van der Waals surface area contributed by atoms with Gasteiger partial charge in [0, 0.05) is 30.9 Å². The second kappa shape index (κ2) is 10.4. The fraction of sp³-hybridized carbons (Fsp3) is 0.238. The van der Waals surface area contributed by atoms with E-state index in [-0.39, 0.29) is 23.3 Å². The van der Waals surface area contributed by atoms with Crippen LogP contribution in [-0.2, 0) is 4.74 Å². The van der Waals surface area contributed by atoms with Crippen LogP contribution in [0.5, 0.6) is 11.5 Å². The molecule has 2 heterocycles. The first kappa shape index (κ1) is 22.7. The van der Waals surface area contributed by atoms with Gasteiger partial charge >= 0.3 is 0 Å². The summed E-state index contributed by atoms with van der Waals surface area (Å²) in [7, 11) is 1.46. The minimum atomic E-state index is -0.465. The smallest absolute Gasteiger partial charge is 0.269 e. The van der Waals surface area contributed by atoms with Gasteiger partial charge in [0.25, 0.3) is 5.69 Å². The molecule has 2 aromatic carbocycles. The summed E-state index contributed by atoms with van der Waals surface area (Å²) in [6.45, 7) is 2.36. The number of morpholine rings is 1. The van der Waals surface area contributed by atoms with Crippen LogP contribution in [0.1, 0.15) is 5.56 Å². The lowest BCUT2D eigenvalue weighted by Gasteiger charge is -2.27. The van der Waals surface area contributed by atoms with Crippen LogP contribution in [0.4, 0.5) is 29.2 Å². The molecule has 3 N–H and O–H groups in total. The molecular formula is C21H22N8O5. The highest BCUT2D eigenvalue weighted by atomic mass is 16.6. The van der Waals surface area contributed by atoms with E-state index < -0.39 is 4.92 Å². The summed E-state index contributed by atoms with van der Waals surface area (Å²) in [6.07, 6.45) is 1.53. The number of hydrogen-bond acceptors (Lipinski definition) is 12. The van der Waals surface area contributed by atoms with Crippen molar-refractivity contribution in [1.82, 2.24) is 15.0 Å². The lowest BCUT2D eigenvalue weighted by atomic mass is 10.2. The molecule has 1 fully saturated rings. The van der Waals surface area contributed by atoms with E-state index in [0.717, 1.165) is 0 Å². The number of anilines is 4. The number of phenolic OH excluding ortho intramolecular Hbond substituents is 1. The van der Waals surface area contributed by atoms with Gasteiger partial charge in [-0.25, -0.2) is 5.43 Å². The van der Waals surface area contributed by atoms with Gasteiger partial charge in [-0.15, -0.1) is 0 Å². The Morgan fingerprint density at radius 3 is 2.59 bits per heavy atom. The zero-order valence-corrected chi connectivity index (χ0v) is 18.2. The molecule has 0 unspecified atom stereocenters. The number of non-ortho nitro benzene ring substituents is 1. The fourth-order valence-electron chi connectivity index (χ4n) is 3.11. The fourth-order valence-corrected chi connectivity index (χ4v) is 3.11. The molecule has 3 aromatic rings. The molecule has 1 aliphatic rings. The number of benzene rings is 2. The minimum absolute atomic E-state index is 0.0160. The first-order valence-electron chi connectivity index (χ1n) is 10.3. The van der Waals surface area contributed by atoms with Crippen molar-refractivity contribution in [3.05, 3.63) is 58.1 Å². The van der Waals surface area contributed by atoms with E-state index in [0.29, 0.717) is 49.3 Å². The summed E-state index contributed by atoms with van der Waals surface area (Å²) in [5.41, 5.74) is 4.04. The van der Waals surface area contributed by atoms with Crippen molar-refractivity contribution in [3.63, 3.8) is 0 Å². The van der Waals surface area contributed by atoms with E-state index >= 15 is 0 Å². The van der Waals surface area contributed by atoms with E-state index in [1.54, 1.807) is 24.3 Å². The lowest BCUT2D eigenvalue weighted by molar-refractivity contribution is -0.384. The summed E-state index contributed by atoms with van der Waals surface area (Å²) in [5.74, 6) is 1.24. The largest absolute Gasteiger partial charge is 0.504 e. The highest BCUT2D eigenvalue weighted by Crippen LogP contribution is 2.25. The number of nitrogens with zero attached hydrogens (tertiary/aromatic N) is 6. The molecule has 176 valence electrons. The van der Waals surface area contributed by atoms with E-state index in [9.17, 15) is 15.2 Å².